The molecular weight excluding hydrogens is 244 g/mol. The predicted molar refractivity (Wildman–Crippen MR) is 58.2 cm³/mol. The zero-order valence-corrected chi connectivity index (χ0v) is 9.87. The van der Waals surface area contributed by atoms with Crippen LogP contribution in [0.3, 0.4) is 0 Å². The number of nitrogens with zero attached hydrogens (tertiary/aromatic N) is 2. The minimum atomic E-state index is -0.187. The lowest BCUT2D eigenvalue weighted by molar-refractivity contribution is 0.160. The van der Waals surface area contributed by atoms with Crippen LogP contribution in [0.2, 0.25) is 0 Å². The largest absolute Gasteiger partial charge is 0.392 e. The lowest BCUT2D eigenvalue weighted by atomic mass is 10.0. The van der Waals surface area contributed by atoms with Crippen LogP contribution in [-0.4, -0.2) is 21.0 Å². The van der Waals surface area contributed by atoms with Crippen molar-refractivity contribution in [2.24, 2.45) is 0 Å². The third-order valence-corrected chi connectivity index (χ3v) is 3.57. The summed E-state index contributed by atoms with van der Waals surface area (Å²) in [6, 6.07) is 0. The van der Waals surface area contributed by atoms with Gasteiger partial charge in [-0.15, -0.1) is 0 Å². The van der Waals surface area contributed by atoms with Crippen molar-refractivity contribution >= 4 is 15.9 Å². The first-order chi connectivity index (χ1) is 6.74. The van der Waals surface area contributed by atoms with Crippen molar-refractivity contribution in [3.05, 3.63) is 16.4 Å². The summed E-state index contributed by atoms with van der Waals surface area (Å²) in [7, 11) is 0. The third-order valence-electron chi connectivity index (χ3n) is 2.96. The molecule has 4 heteroatoms. The van der Waals surface area contributed by atoms with E-state index in [9.17, 15) is 5.11 Å². The first kappa shape index (κ1) is 10.2. The molecular formula is C10H15BrN2O. The van der Waals surface area contributed by atoms with Gasteiger partial charge in [0, 0.05) is 12.5 Å². The first-order valence-corrected chi connectivity index (χ1v) is 5.92. The number of rotatable bonds is 2. The molecule has 1 saturated carbocycles. The van der Waals surface area contributed by atoms with Gasteiger partial charge < -0.3 is 5.11 Å². The molecule has 2 atom stereocenters. The van der Waals surface area contributed by atoms with Crippen molar-refractivity contribution in [2.45, 2.75) is 44.8 Å². The Morgan fingerprint density at radius 3 is 3.00 bits per heavy atom. The number of aliphatic hydroxyl groups is 1. The van der Waals surface area contributed by atoms with Gasteiger partial charge in [-0.05, 0) is 35.7 Å². The molecule has 0 aromatic carbocycles. The molecule has 0 spiro atoms. The van der Waals surface area contributed by atoms with Crippen molar-refractivity contribution in [3.8, 4) is 0 Å². The predicted octanol–water partition coefficient (Wildman–Crippen LogP) is 2.29. The maximum Gasteiger partial charge on any atom is 0.0635 e. The van der Waals surface area contributed by atoms with Crippen molar-refractivity contribution in [1.82, 2.24) is 9.78 Å². The molecule has 14 heavy (non-hydrogen) atoms. The van der Waals surface area contributed by atoms with E-state index in [1.165, 1.54) is 0 Å². The van der Waals surface area contributed by atoms with Crippen molar-refractivity contribution in [3.63, 3.8) is 0 Å². The van der Waals surface area contributed by atoms with Gasteiger partial charge in [0.15, 0.2) is 0 Å². The Labute approximate surface area is 92.2 Å². The Bertz CT molecular complexity index is 324. The van der Waals surface area contributed by atoms with Crippen LogP contribution in [0.4, 0.5) is 0 Å². The average Bonchev–Trinajstić information content (AvgIpc) is 2.72. The third kappa shape index (κ3) is 1.61. The van der Waals surface area contributed by atoms with E-state index >= 15 is 0 Å². The van der Waals surface area contributed by atoms with E-state index in [1.54, 1.807) is 0 Å². The number of hydrogen-bond acceptors (Lipinski definition) is 2. The summed E-state index contributed by atoms with van der Waals surface area (Å²) in [5.74, 6) is 0.270. The van der Waals surface area contributed by atoms with Gasteiger partial charge in [-0.25, -0.2) is 0 Å². The zero-order valence-electron chi connectivity index (χ0n) is 8.28. The highest BCUT2D eigenvalue weighted by Crippen LogP contribution is 2.37. The van der Waals surface area contributed by atoms with Crippen molar-refractivity contribution in [1.29, 1.82) is 0 Å². The summed E-state index contributed by atoms with van der Waals surface area (Å²) in [6.07, 6.45) is 4.75. The van der Waals surface area contributed by atoms with Gasteiger partial charge in [0.2, 0.25) is 0 Å². The maximum atomic E-state index is 9.84. The van der Waals surface area contributed by atoms with Gasteiger partial charge in [0.1, 0.15) is 0 Å². The highest BCUT2D eigenvalue weighted by Gasteiger charge is 2.30. The second-order valence-electron chi connectivity index (χ2n) is 3.80. The average molecular weight is 259 g/mol. The molecule has 1 N–H and O–H groups in total. The van der Waals surface area contributed by atoms with E-state index in [0.29, 0.717) is 0 Å². The molecule has 1 aliphatic rings. The zero-order chi connectivity index (χ0) is 10.1. The summed E-state index contributed by atoms with van der Waals surface area (Å²) >= 11 is 3.50. The molecule has 2 unspecified atom stereocenters. The number of hydrogen-bond donors (Lipinski definition) is 1. The summed E-state index contributed by atoms with van der Waals surface area (Å²) in [5, 5.41) is 14.1. The molecule has 1 aromatic rings. The van der Waals surface area contributed by atoms with Crippen LogP contribution in [-0.2, 0) is 6.54 Å². The lowest BCUT2D eigenvalue weighted by Gasteiger charge is -2.16. The van der Waals surface area contributed by atoms with E-state index < -0.39 is 0 Å². The SMILES string of the molecule is CCn1ncc(Br)c1C1CCCC1O. The second-order valence-corrected chi connectivity index (χ2v) is 4.65. The molecule has 0 radical (unpaired) electrons. The smallest absolute Gasteiger partial charge is 0.0635 e. The van der Waals surface area contributed by atoms with Gasteiger partial charge >= 0.3 is 0 Å². The number of aromatic nitrogens is 2. The van der Waals surface area contributed by atoms with Gasteiger partial charge in [0.05, 0.1) is 22.5 Å². The van der Waals surface area contributed by atoms with E-state index in [-0.39, 0.29) is 12.0 Å². The van der Waals surface area contributed by atoms with Crippen LogP contribution in [0.5, 0.6) is 0 Å². The summed E-state index contributed by atoms with van der Waals surface area (Å²) < 4.78 is 3.01. The van der Waals surface area contributed by atoms with Crippen LogP contribution in [0, 0.1) is 0 Å². The molecule has 1 aliphatic carbocycles. The molecule has 1 heterocycles. The molecule has 78 valence electrons. The van der Waals surface area contributed by atoms with Crippen molar-refractivity contribution < 1.29 is 5.11 Å². The van der Waals surface area contributed by atoms with Crippen LogP contribution >= 0.6 is 15.9 Å². The fraction of sp³-hybridized carbons (Fsp3) is 0.700. The molecule has 0 aliphatic heterocycles. The topological polar surface area (TPSA) is 38.0 Å². The lowest BCUT2D eigenvalue weighted by Crippen LogP contribution is -2.16. The van der Waals surface area contributed by atoms with Gasteiger partial charge in [0.25, 0.3) is 0 Å². The Morgan fingerprint density at radius 2 is 2.43 bits per heavy atom. The second kappa shape index (κ2) is 4.03. The maximum absolute atomic E-state index is 9.84. The highest BCUT2D eigenvalue weighted by molar-refractivity contribution is 9.10. The number of aryl methyl sites for hydroxylation is 1. The number of halogens is 1. The standard InChI is InChI=1S/C10H15BrN2O/c1-2-13-10(8(11)6-12-13)7-4-3-5-9(7)14/h6-7,9,14H,2-5H2,1H3. The quantitative estimate of drug-likeness (QED) is 0.884. The molecule has 1 fully saturated rings. The number of aliphatic hydroxyl groups excluding tert-OH is 1. The normalized spacial score (nSPS) is 27.1. The molecule has 3 nitrogen and oxygen atoms in total. The molecule has 0 amide bonds. The monoisotopic (exact) mass is 258 g/mol. The Kier molecular flexibility index (Phi) is 2.93. The minimum absolute atomic E-state index is 0.187. The minimum Gasteiger partial charge on any atom is -0.392 e. The van der Waals surface area contributed by atoms with E-state index in [4.69, 9.17) is 0 Å². The Balaban J connectivity index is 2.33. The van der Waals surface area contributed by atoms with Crippen LogP contribution < -0.4 is 0 Å². The van der Waals surface area contributed by atoms with E-state index in [0.717, 1.165) is 36.0 Å². The molecule has 2 rings (SSSR count). The highest BCUT2D eigenvalue weighted by atomic mass is 79.9. The fourth-order valence-corrected chi connectivity index (χ4v) is 2.84. The van der Waals surface area contributed by atoms with Crippen LogP contribution in [0.25, 0.3) is 0 Å². The Morgan fingerprint density at radius 1 is 1.64 bits per heavy atom. The van der Waals surface area contributed by atoms with E-state index in [1.807, 2.05) is 10.9 Å². The van der Waals surface area contributed by atoms with Gasteiger partial charge in [-0.2, -0.15) is 5.10 Å². The van der Waals surface area contributed by atoms with E-state index in [2.05, 4.69) is 28.0 Å². The molecule has 0 saturated heterocycles. The van der Waals surface area contributed by atoms with Gasteiger partial charge in [-0.3, -0.25) is 4.68 Å². The first-order valence-electron chi connectivity index (χ1n) is 5.13. The Hall–Kier alpha value is -0.350. The fourth-order valence-electron chi connectivity index (χ4n) is 2.25. The molecule has 1 aromatic heterocycles. The van der Waals surface area contributed by atoms with Crippen LogP contribution in [0.1, 0.15) is 37.8 Å². The molecule has 0 bridgehead atoms. The van der Waals surface area contributed by atoms with Crippen molar-refractivity contribution in [2.75, 3.05) is 0 Å². The summed E-state index contributed by atoms with van der Waals surface area (Å²) in [5.41, 5.74) is 1.16. The summed E-state index contributed by atoms with van der Waals surface area (Å²) in [4.78, 5) is 0. The summed E-state index contributed by atoms with van der Waals surface area (Å²) in [6.45, 7) is 2.94. The van der Waals surface area contributed by atoms with Crippen LogP contribution in [0.15, 0.2) is 10.7 Å². The van der Waals surface area contributed by atoms with Gasteiger partial charge in [-0.1, -0.05) is 6.42 Å².